The average molecular weight is 418 g/mol. The van der Waals surface area contributed by atoms with Crippen molar-refractivity contribution in [2.45, 2.75) is 0 Å². The van der Waals surface area contributed by atoms with Gasteiger partial charge in [0, 0.05) is 5.56 Å². The van der Waals surface area contributed by atoms with E-state index < -0.39 is 11.2 Å². The van der Waals surface area contributed by atoms with Gasteiger partial charge in [0.2, 0.25) is 28.4 Å². The first-order valence-corrected chi connectivity index (χ1v) is 8.75. The summed E-state index contributed by atoms with van der Waals surface area (Å²) in [7, 11) is 8.42. The van der Waals surface area contributed by atoms with Crippen LogP contribution >= 0.6 is 0 Å². The molecule has 160 valence electrons. The van der Waals surface area contributed by atoms with Crippen LogP contribution < -0.4 is 33.8 Å². The van der Waals surface area contributed by atoms with E-state index >= 15 is 0 Å². The zero-order valence-corrected chi connectivity index (χ0v) is 17.4. The predicted molar refractivity (Wildman–Crippen MR) is 109 cm³/mol. The molecule has 9 heteroatoms. The Bertz CT molecular complexity index is 1150. The molecule has 0 spiro atoms. The molecule has 3 aromatic rings. The number of benzene rings is 2. The normalized spacial score (nSPS) is 10.6. The molecule has 1 heterocycles. The van der Waals surface area contributed by atoms with E-state index in [4.69, 9.17) is 32.8 Å². The fraction of sp³-hybridized carbons (Fsp3) is 0.286. The van der Waals surface area contributed by atoms with Crippen LogP contribution in [0, 0.1) is 0 Å². The van der Waals surface area contributed by atoms with Crippen molar-refractivity contribution in [3.8, 4) is 51.6 Å². The molecule has 1 aromatic heterocycles. The molecule has 30 heavy (non-hydrogen) atoms. The molecule has 2 aromatic carbocycles. The Kier molecular flexibility index (Phi) is 5.81. The Morgan fingerprint density at radius 2 is 1.33 bits per heavy atom. The summed E-state index contributed by atoms with van der Waals surface area (Å²) in [5.74, 6) is 0.583. The van der Waals surface area contributed by atoms with Gasteiger partial charge in [0.1, 0.15) is 5.39 Å². The van der Waals surface area contributed by atoms with Gasteiger partial charge in [0.15, 0.2) is 28.6 Å². The van der Waals surface area contributed by atoms with E-state index in [0.717, 1.165) is 0 Å². The summed E-state index contributed by atoms with van der Waals surface area (Å²) in [6.45, 7) is 0. The highest BCUT2D eigenvalue weighted by Crippen LogP contribution is 2.51. The van der Waals surface area contributed by atoms with E-state index in [9.17, 15) is 9.90 Å². The van der Waals surface area contributed by atoms with Crippen LogP contribution in [0.1, 0.15) is 0 Å². The van der Waals surface area contributed by atoms with Crippen molar-refractivity contribution in [3.63, 3.8) is 0 Å². The minimum Gasteiger partial charge on any atom is -0.502 e. The Morgan fingerprint density at radius 3 is 1.87 bits per heavy atom. The summed E-state index contributed by atoms with van der Waals surface area (Å²) < 4.78 is 37.8. The third-order valence-electron chi connectivity index (χ3n) is 4.60. The molecule has 0 aliphatic rings. The lowest BCUT2D eigenvalue weighted by atomic mass is 10.1. The summed E-state index contributed by atoms with van der Waals surface area (Å²) in [4.78, 5) is 13.3. The van der Waals surface area contributed by atoms with Gasteiger partial charge in [0.05, 0.1) is 42.7 Å². The first kappa shape index (κ1) is 21.0. The van der Waals surface area contributed by atoms with Crippen molar-refractivity contribution in [2.24, 2.45) is 0 Å². The van der Waals surface area contributed by atoms with Crippen LogP contribution in [0.5, 0.6) is 40.2 Å². The highest BCUT2D eigenvalue weighted by atomic mass is 16.5. The van der Waals surface area contributed by atoms with Gasteiger partial charge in [-0.05, 0) is 18.2 Å². The van der Waals surface area contributed by atoms with Crippen molar-refractivity contribution >= 4 is 11.0 Å². The molecule has 0 bridgehead atoms. The fourth-order valence-electron chi connectivity index (χ4n) is 3.24. The minimum absolute atomic E-state index is 0.0339. The number of phenolic OH excluding ortho intramolecular Hbond substituents is 1. The molecular weight excluding hydrogens is 396 g/mol. The third-order valence-corrected chi connectivity index (χ3v) is 4.60. The first-order chi connectivity index (χ1) is 14.5. The zero-order chi connectivity index (χ0) is 22.0. The number of phenols is 1. The highest BCUT2D eigenvalue weighted by Gasteiger charge is 2.29. The minimum atomic E-state index is -0.559. The van der Waals surface area contributed by atoms with Gasteiger partial charge < -0.3 is 37.9 Å². The maximum atomic E-state index is 13.3. The zero-order valence-electron chi connectivity index (χ0n) is 17.4. The lowest BCUT2D eigenvalue weighted by molar-refractivity contribution is 0.311. The Hall–Kier alpha value is -3.75. The molecule has 0 aliphatic heterocycles. The van der Waals surface area contributed by atoms with Crippen molar-refractivity contribution in [2.75, 3.05) is 42.7 Å². The maximum Gasteiger partial charge on any atom is 0.239 e. The second kappa shape index (κ2) is 8.32. The van der Waals surface area contributed by atoms with E-state index in [1.807, 2.05) is 0 Å². The van der Waals surface area contributed by atoms with Crippen molar-refractivity contribution < 1.29 is 37.9 Å². The number of methoxy groups -OCH3 is 6. The molecule has 0 radical (unpaired) electrons. The maximum absolute atomic E-state index is 13.3. The average Bonchev–Trinajstić information content (AvgIpc) is 2.78. The number of aromatic hydroxyl groups is 1. The molecule has 0 fully saturated rings. The molecule has 3 rings (SSSR count). The van der Waals surface area contributed by atoms with Crippen LogP contribution in [0.15, 0.2) is 27.4 Å². The van der Waals surface area contributed by atoms with Crippen molar-refractivity contribution in [1.82, 2.24) is 0 Å². The summed E-state index contributed by atoms with van der Waals surface area (Å²) >= 11 is 0. The second-order valence-corrected chi connectivity index (χ2v) is 6.02. The monoisotopic (exact) mass is 418 g/mol. The highest BCUT2D eigenvalue weighted by molar-refractivity contribution is 5.96. The quantitative estimate of drug-likeness (QED) is 0.619. The first-order valence-electron chi connectivity index (χ1n) is 8.75. The van der Waals surface area contributed by atoms with Crippen LogP contribution in [-0.4, -0.2) is 47.8 Å². The van der Waals surface area contributed by atoms with Gasteiger partial charge in [-0.2, -0.15) is 0 Å². The van der Waals surface area contributed by atoms with Crippen LogP contribution in [0.25, 0.3) is 22.3 Å². The van der Waals surface area contributed by atoms with E-state index in [1.165, 1.54) is 42.7 Å². The van der Waals surface area contributed by atoms with Crippen molar-refractivity contribution in [3.05, 3.63) is 28.4 Å². The fourth-order valence-corrected chi connectivity index (χ4v) is 3.24. The van der Waals surface area contributed by atoms with E-state index in [1.54, 1.807) is 18.2 Å². The molecule has 0 atom stereocenters. The predicted octanol–water partition coefficient (Wildman–Crippen LogP) is 3.22. The molecule has 0 saturated carbocycles. The molecule has 9 nitrogen and oxygen atoms in total. The Labute approximate surface area is 172 Å². The molecule has 1 N–H and O–H groups in total. The number of ether oxygens (including phenoxy) is 6. The van der Waals surface area contributed by atoms with Gasteiger partial charge >= 0.3 is 0 Å². The lowest BCUT2D eigenvalue weighted by Gasteiger charge is -2.17. The number of hydrogen-bond acceptors (Lipinski definition) is 9. The summed E-state index contributed by atoms with van der Waals surface area (Å²) in [6, 6.07) is 4.95. The van der Waals surface area contributed by atoms with Crippen LogP contribution in [0.3, 0.4) is 0 Å². The van der Waals surface area contributed by atoms with E-state index in [2.05, 4.69) is 0 Å². The summed E-state index contributed by atoms with van der Waals surface area (Å²) in [5, 5.41) is 10.7. The van der Waals surface area contributed by atoms with Gasteiger partial charge in [0.25, 0.3) is 0 Å². The van der Waals surface area contributed by atoms with Gasteiger partial charge in [-0.1, -0.05) is 0 Å². The Morgan fingerprint density at radius 1 is 0.733 bits per heavy atom. The van der Waals surface area contributed by atoms with Crippen LogP contribution in [0.4, 0.5) is 0 Å². The van der Waals surface area contributed by atoms with Crippen LogP contribution in [-0.2, 0) is 0 Å². The topological polar surface area (TPSA) is 106 Å². The van der Waals surface area contributed by atoms with E-state index in [0.29, 0.717) is 17.1 Å². The van der Waals surface area contributed by atoms with Crippen LogP contribution in [0.2, 0.25) is 0 Å². The summed E-state index contributed by atoms with van der Waals surface area (Å²) in [6.07, 6.45) is 0. The Balaban J connectivity index is 2.46. The molecule has 0 unspecified atom stereocenters. The van der Waals surface area contributed by atoms with E-state index in [-0.39, 0.29) is 39.7 Å². The smallest absolute Gasteiger partial charge is 0.239 e. The number of rotatable bonds is 7. The van der Waals surface area contributed by atoms with Gasteiger partial charge in [-0.25, -0.2) is 0 Å². The number of hydrogen-bond donors (Lipinski definition) is 1. The molecule has 0 saturated heterocycles. The second-order valence-electron chi connectivity index (χ2n) is 6.02. The van der Waals surface area contributed by atoms with Crippen molar-refractivity contribution in [1.29, 1.82) is 0 Å². The third kappa shape index (κ3) is 3.08. The molecular formula is C21H22O9. The lowest BCUT2D eigenvalue weighted by Crippen LogP contribution is -2.10. The standard InChI is InChI=1S/C21H22O9/c1-24-11-8-7-10(9-12(11)25-2)16-19(27-4)14(22)13-17(30-16)15(23)20(28-5)21(29-6)18(13)26-3/h7-9,23H,1-6H3. The van der Waals surface area contributed by atoms with Gasteiger partial charge in [-0.3, -0.25) is 4.79 Å². The number of fused-ring (bicyclic) bond motifs is 1. The summed E-state index contributed by atoms with van der Waals surface area (Å²) in [5.41, 5.74) is -0.228. The van der Waals surface area contributed by atoms with Gasteiger partial charge in [-0.15, -0.1) is 0 Å². The molecule has 0 aliphatic carbocycles. The SMILES string of the molecule is COc1ccc(-c2oc3c(O)c(OC)c(OC)c(OC)c3c(=O)c2OC)cc1OC. The largest absolute Gasteiger partial charge is 0.502 e. The molecule has 0 amide bonds.